The molecule has 0 amide bonds. The lowest BCUT2D eigenvalue weighted by atomic mass is 9.97. The molecule has 0 bridgehead atoms. The van der Waals surface area contributed by atoms with Gasteiger partial charge >= 0.3 is 5.97 Å². The number of carboxylic acid groups (broad SMARTS) is 1. The van der Waals surface area contributed by atoms with E-state index >= 15 is 0 Å². The topological polar surface area (TPSA) is 107 Å². The zero-order chi connectivity index (χ0) is 14.7. The fourth-order valence-electron chi connectivity index (χ4n) is 2.40. The number of piperidine rings is 1. The molecule has 0 spiro atoms. The van der Waals surface area contributed by atoms with Crippen LogP contribution in [0, 0.1) is 27.4 Å². The first kappa shape index (κ1) is 13.8. The van der Waals surface area contributed by atoms with Crippen molar-refractivity contribution in [2.45, 2.75) is 12.8 Å². The molecule has 1 saturated heterocycles. The first-order valence-corrected chi connectivity index (χ1v) is 6.19. The highest BCUT2D eigenvalue weighted by Gasteiger charge is 2.29. The minimum Gasteiger partial charge on any atom is -0.481 e. The highest BCUT2D eigenvalue weighted by atomic mass is 16.6. The number of carboxylic acids is 1. The fourth-order valence-corrected chi connectivity index (χ4v) is 2.40. The van der Waals surface area contributed by atoms with Gasteiger partial charge in [0, 0.05) is 19.2 Å². The van der Waals surface area contributed by atoms with Crippen LogP contribution in [0.3, 0.4) is 0 Å². The maximum atomic E-state index is 11.1. The zero-order valence-electron chi connectivity index (χ0n) is 10.7. The van der Waals surface area contributed by atoms with Gasteiger partial charge in [0.1, 0.15) is 5.69 Å². The van der Waals surface area contributed by atoms with Crippen LogP contribution >= 0.6 is 0 Å². The second kappa shape index (κ2) is 5.57. The van der Waals surface area contributed by atoms with Crippen LogP contribution in [-0.2, 0) is 4.79 Å². The van der Waals surface area contributed by atoms with E-state index in [1.54, 1.807) is 4.90 Å². The third-order valence-electron chi connectivity index (χ3n) is 3.41. The summed E-state index contributed by atoms with van der Waals surface area (Å²) in [6.07, 6.45) is 1.22. The third-order valence-corrected chi connectivity index (χ3v) is 3.41. The van der Waals surface area contributed by atoms with Crippen LogP contribution in [0.15, 0.2) is 18.2 Å². The monoisotopic (exact) mass is 275 g/mol. The van der Waals surface area contributed by atoms with E-state index in [1.807, 2.05) is 6.07 Å². The van der Waals surface area contributed by atoms with Crippen LogP contribution in [0.5, 0.6) is 0 Å². The number of anilines is 1. The van der Waals surface area contributed by atoms with Gasteiger partial charge in [0.05, 0.1) is 22.5 Å². The largest absolute Gasteiger partial charge is 0.481 e. The van der Waals surface area contributed by atoms with E-state index in [2.05, 4.69) is 0 Å². The minimum absolute atomic E-state index is 0.102. The first-order valence-electron chi connectivity index (χ1n) is 6.19. The molecular formula is C13H13N3O4. The SMILES string of the molecule is N#Cc1ccc([N+](=O)[O-])c(N2CCCC(C(=O)O)C2)c1. The molecule has 1 unspecified atom stereocenters. The van der Waals surface area contributed by atoms with E-state index in [0.717, 1.165) is 0 Å². The van der Waals surface area contributed by atoms with Gasteiger partial charge in [0.15, 0.2) is 0 Å². The van der Waals surface area contributed by atoms with Crippen molar-refractivity contribution in [3.63, 3.8) is 0 Å². The van der Waals surface area contributed by atoms with Gasteiger partial charge in [-0.15, -0.1) is 0 Å². The Kier molecular flexibility index (Phi) is 3.84. The Morgan fingerprint density at radius 2 is 2.30 bits per heavy atom. The Morgan fingerprint density at radius 1 is 1.55 bits per heavy atom. The predicted molar refractivity (Wildman–Crippen MR) is 70.4 cm³/mol. The number of nitro benzene ring substituents is 1. The van der Waals surface area contributed by atoms with Gasteiger partial charge in [-0.2, -0.15) is 5.26 Å². The van der Waals surface area contributed by atoms with Gasteiger partial charge in [-0.1, -0.05) is 0 Å². The molecule has 0 saturated carbocycles. The Balaban J connectivity index is 2.37. The minimum atomic E-state index is -0.895. The second-order valence-electron chi connectivity index (χ2n) is 4.70. The average molecular weight is 275 g/mol. The van der Waals surface area contributed by atoms with Gasteiger partial charge in [0.2, 0.25) is 0 Å². The standard InChI is InChI=1S/C13H13N3O4/c14-7-9-3-4-11(16(19)20)12(6-9)15-5-1-2-10(8-15)13(17)18/h3-4,6,10H,1-2,5,8H2,(H,17,18). The van der Waals surface area contributed by atoms with E-state index in [0.29, 0.717) is 30.6 Å². The number of aliphatic carboxylic acids is 1. The molecule has 1 heterocycles. The van der Waals surface area contributed by atoms with Crippen LogP contribution in [0.2, 0.25) is 0 Å². The Labute approximate surface area is 115 Å². The van der Waals surface area contributed by atoms with Gasteiger partial charge in [-0.3, -0.25) is 14.9 Å². The summed E-state index contributed by atoms with van der Waals surface area (Å²) in [6.45, 7) is 0.782. The van der Waals surface area contributed by atoms with Gasteiger partial charge in [-0.25, -0.2) is 0 Å². The number of rotatable bonds is 3. The number of hydrogen-bond donors (Lipinski definition) is 1. The Bertz CT molecular complexity index is 594. The summed E-state index contributed by atoms with van der Waals surface area (Å²) in [4.78, 5) is 23.3. The first-order chi connectivity index (χ1) is 9.52. The molecular weight excluding hydrogens is 262 g/mol. The molecule has 1 aromatic rings. The zero-order valence-corrected chi connectivity index (χ0v) is 10.7. The number of nitrogens with zero attached hydrogens (tertiary/aromatic N) is 3. The van der Waals surface area contributed by atoms with Crippen LogP contribution in [0.1, 0.15) is 18.4 Å². The molecule has 104 valence electrons. The van der Waals surface area contributed by atoms with E-state index < -0.39 is 16.8 Å². The van der Waals surface area contributed by atoms with E-state index in [-0.39, 0.29) is 12.2 Å². The van der Waals surface area contributed by atoms with E-state index in [4.69, 9.17) is 10.4 Å². The molecule has 0 aliphatic carbocycles. The van der Waals surface area contributed by atoms with Gasteiger partial charge < -0.3 is 10.0 Å². The molecule has 7 nitrogen and oxygen atoms in total. The number of hydrogen-bond acceptors (Lipinski definition) is 5. The summed E-state index contributed by atoms with van der Waals surface area (Å²) >= 11 is 0. The lowest BCUT2D eigenvalue weighted by Gasteiger charge is -2.32. The van der Waals surface area contributed by atoms with Crippen molar-refractivity contribution in [1.82, 2.24) is 0 Å². The molecule has 0 aromatic heterocycles. The van der Waals surface area contributed by atoms with E-state index in [9.17, 15) is 14.9 Å². The van der Waals surface area contributed by atoms with Crippen LogP contribution in [-0.4, -0.2) is 29.1 Å². The Hall–Kier alpha value is -2.62. The fraction of sp³-hybridized carbons (Fsp3) is 0.385. The molecule has 1 aliphatic rings. The number of benzene rings is 1. The molecule has 1 N–H and O–H groups in total. The lowest BCUT2D eigenvalue weighted by molar-refractivity contribution is -0.384. The van der Waals surface area contributed by atoms with Crippen molar-refractivity contribution < 1.29 is 14.8 Å². The molecule has 1 aromatic carbocycles. The summed E-state index contributed by atoms with van der Waals surface area (Å²) in [5, 5.41) is 29.0. The van der Waals surface area contributed by atoms with Crippen molar-refractivity contribution in [3.05, 3.63) is 33.9 Å². The molecule has 1 atom stereocenters. The number of nitro groups is 1. The number of nitriles is 1. The molecule has 1 fully saturated rings. The summed E-state index contributed by atoms with van der Waals surface area (Å²) in [5.41, 5.74) is 0.540. The van der Waals surface area contributed by atoms with E-state index in [1.165, 1.54) is 18.2 Å². The Morgan fingerprint density at radius 3 is 2.90 bits per heavy atom. The lowest BCUT2D eigenvalue weighted by Crippen LogP contribution is -2.39. The van der Waals surface area contributed by atoms with Gasteiger partial charge in [0.25, 0.3) is 5.69 Å². The van der Waals surface area contributed by atoms with Gasteiger partial charge in [-0.05, 0) is 25.0 Å². The molecule has 0 radical (unpaired) electrons. The molecule has 20 heavy (non-hydrogen) atoms. The smallest absolute Gasteiger partial charge is 0.308 e. The highest BCUT2D eigenvalue weighted by Crippen LogP contribution is 2.32. The average Bonchev–Trinajstić information content (AvgIpc) is 2.46. The molecule has 2 rings (SSSR count). The van der Waals surface area contributed by atoms with Crippen molar-refractivity contribution in [2.75, 3.05) is 18.0 Å². The predicted octanol–water partition coefficient (Wildman–Crippen LogP) is 1.77. The third kappa shape index (κ3) is 2.69. The summed E-state index contributed by atoms with van der Waals surface area (Å²) in [7, 11) is 0. The maximum Gasteiger partial charge on any atom is 0.308 e. The number of carbonyl (C=O) groups is 1. The summed E-state index contributed by atoms with van der Waals surface area (Å²) < 4.78 is 0. The summed E-state index contributed by atoms with van der Waals surface area (Å²) in [6, 6.07) is 6.07. The van der Waals surface area contributed by atoms with Crippen molar-refractivity contribution in [1.29, 1.82) is 5.26 Å². The van der Waals surface area contributed by atoms with Crippen molar-refractivity contribution in [3.8, 4) is 6.07 Å². The second-order valence-corrected chi connectivity index (χ2v) is 4.70. The van der Waals surface area contributed by atoms with Crippen LogP contribution in [0.25, 0.3) is 0 Å². The molecule has 1 aliphatic heterocycles. The normalized spacial score (nSPS) is 18.4. The van der Waals surface area contributed by atoms with Crippen LogP contribution < -0.4 is 4.90 Å². The van der Waals surface area contributed by atoms with Crippen molar-refractivity contribution in [2.24, 2.45) is 5.92 Å². The maximum absolute atomic E-state index is 11.1. The summed E-state index contributed by atoms with van der Waals surface area (Å²) in [5.74, 6) is -1.43. The molecule has 7 heteroatoms. The highest BCUT2D eigenvalue weighted by molar-refractivity contribution is 5.73. The van der Waals surface area contributed by atoms with Crippen molar-refractivity contribution >= 4 is 17.3 Å². The quantitative estimate of drug-likeness (QED) is 0.665. The van der Waals surface area contributed by atoms with Crippen LogP contribution in [0.4, 0.5) is 11.4 Å².